The third-order valence-corrected chi connectivity index (χ3v) is 4.70. The number of aromatic nitrogens is 4. The lowest BCUT2D eigenvalue weighted by Gasteiger charge is -2.09. The third-order valence-electron chi connectivity index (χ3n) is 4.48. The van der Waals surface area contributed by atoms with Gasteiger partial charge < -0.3 is 10.4 Å². The molecule has 0 radical (unpaired) electrons. The van der Waals surface area contributed by atoms with Crippen LogP contribution in [0, 0.1) is 0 Å². The molecule has 1 N–H and O–H groups in total. The Bertz CT molecular complexity index is 1270. The zero-order chi connectivity index (χ0) is 22.2. The fourth-order valence-corrected chi connectivity index (χ4v) is 3.18. The normalized spacial score (nSPS) is 11.6. The van der Waals surface area contributed by atoms with Gasteiger partial charge in [-0.15, -0.1) is 0 Å². The van der Waals surface area contributed by atoms with Crippen molar-refractivity contribution in [3.05, 3.63) is 83.0 Å². The van der Waals surface area contributed by atoms with Crippen LogP contribution in [0.25, 0.3) is 5.65 Å². The molecule has 4 rings (SSSR count). The molecule has 0 saturated heterocycles. The minimum Gasteiger partial charge on any atom is -0.839 e. The molecule has 0 unspecified atom stereocenters. The highest BCUT2D eigenvalue weighted by molar-refractivity contribution is 6.29. The average Bonchev–Trinajstić information content (AvgIpc) is 3.01. The molecule has 0 bridgehead atoms. The van der Waals surface area contributed by atoms with E-state index in [9.17, 15) is 23.1 Å². The number of hydrogen-bond donors (Lipinski definition) is 1. The van der Waals surface area contributed by atoms with E-state index in [0.717, 1.165) is 12.3 Å². The number of nitrogens with zero attached hydrogens (tertiary/aromatic N) is 4. The van der Waals surface area contributed by atoms with Gasteiger partial charge in [0.15, 0.2) is 0 Å². The molecule has 7 nitrogen and oxygen atoms in total. The van der Waals surface area contributed by atoms with Crippen LogP contribution in [-0.2, 0) is 12.7 Å². The van der Waals surface area contributed by atoms with E-state index in [4.69, 9.17) is 11.6 Å². The lowest BCUT2D eigenvalue weighted by molar-refractivity contribution is -0.704. The quantitative estimate of drug-likeness (QED) is 0.385. The summed E-state index contributed by atoms with van der Waals surface area (Å²) < 4.78 is 41.5. The van der Waals surface area contributed by atoms with Gasteiger partial charge in [-0.2, -0.15) is 17.6 Å². The summed E-state index contributed by atoms with van der Waals surface area (Å²) in [7, 11) is 0. The summed E-state index contributed by atoms with van der Waals surface area (Å²) in [6.07, 6.45) is -0.640. The number of nitrogens with one attached hydrogen (secondary N) is 1. The van der Waals surface area contributed by atoms with Gasteiger partial charge in [0.1, 0.15) is 23.4 Å². The Morgan fingerprint density at radius 1 is 1.19 bits per heavy atom. The predicted octanol–water partition coefficient (Wildman–Crippen LogP) is 3.06. The summed E-state index contributed by atoms with van der Waals surface area (Å²) in [4.78, 5) is 20.5. The second-order valence-corrected chi connectivity index (χ2v) is 6.93. The maximum absolute atomic E-state index is 13.1. The molecule has 0 saturated carbocycles. The van der Waals surface area contributed by atoms with Crippen LogP contribution in [0.4, 0.5) is 19.0 Å². The Kier molecular flexibility index (Phi) is 5.24. The van der Waals surface area contributed by atoms with E-state index in [1.165, 1.54) is 21.4 Å². The summed E-state index contributed by atoms with van der Waals surface area (Å²) in [5.41, 5.74) is -0.138. The smallest absolute Gasteiger partial charge is 0.416 e. The number of halogens is 4. The van der Waals surface area contributed by atoms with Gasteiger partial charge in [-0.3, -0.25) is 4.79 Å². The second-order valence-electron chi connectivity index (χ2n) is 6.54. The summed E-state index contributed by atoms with van der Waals surface area (Å²) in [6, 6.07) is 9.72. The summed E-state index contributed by atoms with van der Waals surface area (Å²) in [5, 5.41) is 15.6. The second kappa shape index (κ2) is 7.88. The van der Waals surface area contributed by atoms with Crippen molar-refractivity contribution in [2.24, 2.45) is 0 Å². The van der Waals surface area contributed by atoms with E-state index in [-0.39, 0.29) is 18.1 Å². The first-order valence-corrected chi connectivity index (χ1v) is 9.27. The summed E-state index contributed by atoms with van der Waals surface area (Å²) >= 11 is 5.79. The van der Waals surface area contributed by atoms with Crippen LogP contribution in [-0.4, -0.2) is 20.3 Å². The van der Waals surface area contributed by atoms with Gasteiger partial charge in [0.05, 0.1) is 11.8 Å². The first-order chi connectivity index (χ1) is 14.7. The minimum atomic E-state index is -4.59. The fraction of sp³-hybridized carbons (Fsp3) is 0.100. The largest absolute Gasteiger partial charge is 0.839 e. The summed E-state index contributed by atoms with van der Waals surface area (Å²) in [6.45, 7) is 0.117. The molecule has 0 aliphatic rings. The molecule has 4 heterocycles. The number of pyridine rings is 3. The molecule has 158 valence electrons. The number of amides is 1. The van der Waals surface area contributed by atoms with Crippen molar-refractivity contribution < 1.29 is 27.6 Å². The first kappa shape index (κ1) is 20.6. The topological polar surface area (TPSA) is 86.2 Å². The molecule has 0 aromatic carbocycles. The maximum atomic E-state index is 13.1. The number of carbonyl (C=O) groups is 1. The van der Waals surface area contributed by atoms with Crippen LogP contribution in [0.1, 0.15) is 21.6 Å². The van der Waals surface area contributed by atoms with Gasteiger partial charge in [0.2, 0.25) is 5.69 Å². The monoisotopic (exact) mass is 447 g/mol. The van der Waals surface area contributed by atoms with Gasteiger partial charge in [-0.05, 0) is 24.3 Å². The number of carbonyl (C=O) groups excluding carboxylic acids is 1. The number of fused-ring (bicyclic) bond motifs is 1. The van der Waals surface area contributed by atoms with Gasteiger partial charge in [-0.25, -0.2) is 14.5 Å². The Hall–Kier alpha value is -3.66. The van der Waals surface area contributed by atoms with Crippen LogP contribution in [0.5, 0.6) is 5.88 Å². The SMILES string of the molecule is O=C(Nc1cc(C(F)(F)F)ccn1)c1c([O-])[n+](Cc2ccc(Cl)nc2)c2ccccn12. The molecule has 4 aromatic rings. The molecule has 11 heteroatoms. The Balaban J connectivity index is 1.72. The van der Waals surface area contributed by atoms with Crippen LogP contribution in [0.3, 0.4) is 0 Å². The zero-order valence-corrected chi connectivity index (χ0v) is 16.4. The lowest BCUT2D eigenvalue weighted by Crippen LogP contribution is -2.37. The highest BCUT2D eigenvalue weighted by atomic mass is 35.5. The molecular formula is C20H13ClF3N5O2. The zero-order valence-electron chi connectivity index (χ0n) is 15.6. The van der Waals surface area contributed by atoms with Crippen molar-refractivity contribution in [1.82, 2.24) is 14.4 Å². The molecule has 4 aromatic heterocycles. The van der Waals surface area contributed by atoms with Crippen molar-refractivity contribution in [3.8, 4) is 5.88 Å². The molecule has 0 aliphatic carbocycles. The molecular weight excluding hydrogens is 435 g/mol. The van der Waals surface area contributed by atoms with Gasteiger partial charge in [0.25, 0.3) is 11.6 Å². The van der Waals surface area contributed by atoms with Gasteiger partial charge in [-0.1, -0.05) is 23.7 Å². The van der Waals surface area contributed by atoms with E-state index < -0.39 is 23.5 Å². The molecule has 0 fully saturated rings. The standard InChI is InChI=1S/C20H13ClF3N5O2/c21-14-5-4-12(10-26-14)11-29-16-3-1-2-8-28(16)17(19(29)31)18(30)27-15-9-13(6-7-25-15)20(22,23)24/h1-10H,11H2,(H-,25,27,30,31). The molecule has 0 aliphatic heterocycles. The Labute approximate surface area is 178 Å². The predicted molar refractivity (Wildman–Crippen MR) is 103 cm³/mol. The van der Waals surface area contributed by atoms with Gasteiger partial charge in [0, 0.05) is 24.0 Å². The Morgan fingerprint density at radius 2 is 2.00 bits per heavy atom. The van der Waals surface area contributed by atoms with Crippen molar-refractivity contribution in [3.63, 3.8) is 0 Å². The van der Waals surface area contributed by atoms with Crippen LogP contribution in [0.2, 0.25) is 5.15 Å². The van der Waals surface area contributed by atoms with Crippen LogP contribution < -0.4 is 15.0 Å². The first-order valence-electron chi connectivity index (χ1n) is 8.89. The molecule has 31 heavy (non-hydrogen) atoms. The average molecular weight is 448 g/mol. The van der Waals surface area contributed by atoms with E-state index in [1.54, 1.807) is 30.3 Å². The maximum Gasteiger partial charge on any atom is 0.416 e. The van der Waals surface area contributed by atoms with E-state index in [1.807, 2.05) is 0 Å². The minimum absolute atomic E-state index is 0.117. The van der Waals surface area contributed by atoms with Crippen molar-refractivity contribution >= 4 is 29.0 Å². The number of anilines is 1. The summed E-state index contributed by atoms with van der Waals surface area (Å²) in [5.74, 6) is -1.82. The van der Waals surface area contributed by atoms with E-state index in [2.05, 4.69) is 15.3 Å². The molecule has 0 atom stereocenters. The number of alkyl halides is 3. The molecule has 1 amide bonds. The van der Waals surface area contributed by atoms with Crippen molar-refractivity contribution in [1.29, 1.82) is 0 Å². The van der Waals surface area contributed by atoms with Gasteiger partial charge >= 0.3 is 6.18 Å². The Morgan fingerprint density at radius 3 is 2.71 bits per heavy atom. The highest BCUT2D eigenvalue weighted by Crippen LogP contribution is 2.30. The van der Waals surface area contributed by atoms with Crippen molar-refractivity contribution in [2.75, 3.05) is 5.32 Å². The van der Waals surface area contributed by atoms with Crippen LogP contribution >= 0.6 is 11.6 Å². The fourth-order valence-electron chi connectivity index (χ4n) is 3.07. The third kappa shape index (κ3) is 4.15. The number of hydrogen-bond acceptors (Lipinski definition) is 4. The number of imidazole rings is 1. The van der Waals surface area contributed by atoms with Crippen molar-refractivity contribution in [2.45, 2.75) is 12.7 Å². The lowest BCUT2D eigenvalue weighted by atomic mass is 10.2. The van der Waals surface area contributed by atoms with E-state index in [0.29, 0.717) is 22.4 Å². The highest BCUT2D eigenvalue weighted by Gasteiger charge is 2.31. The van der Waals surface area contributed by atoms with Crippen LogP contribution in [0.15, 0.2) is 61.1 Å². The van der Waals surface area contributed by atoms with E-state index >= 15 is 0 Å². The number of rotatable bonds is 4. The molecule has 0 spiro atoms.